The molecule has 0 radical (unpaired) electrons. The molecule has 0 saturated heterocycles. The minimum atomic E-state index is -3.50. The highest BCUT2D eigenvalue weighted by atomic mass is 35.5. The Morgan fingerprint density at radius 2 is 1.86 bits per heavy atom. The number of carbonyl (C=O) groups excluding carboxylic acids is 2. The number of carbonyl (C=O) groups is 2. The second-order valence-corrected chi connectivity index (χ2v) is 9.00. The van der Waals surface area contributed by atoms with Crippen LogP contribution in [0.3, 0.4) is 0 Å². The lowest BCUT2D eigenvalue weighted by Gasteiger charge is -2.15. The molecule has 0 N–H and O–H groups in total. The number of ether oxygens (including phenoxy) is 1. The number of aryl methyl sites for hydroxylation is 2. The Morgan fingerprint density at radius 1 is 1.25 bits per heavy atom. The molecule has 1 aromatic carbocycles. The molecule has 0 atom stereocenters. The van der Waals surface area contributed by atoms with E-state index < -0.39 is 15.6 Å². The molecule has 0 saturated carbocycles. The van der Waals surface area contributed by atoms with Gasteiger partial charge in [0.15, 0.2) is 16.4 Å². The number of halogens is 1. The summed E-state index contributed by atoms with van der Waals surface area (Å²) in [7, 11) is 1.26. The number of benzene rings is 1. The number of likely N-dealkylation sites (N-methyl/N-ethyl adjacent to an activating group) is 1. The molecule has 0 spiro atoms. The highest BCUT2D eigenvalue weighted by molar-refractivity contribution is 7.90. The van der Waals surface area contributed by atoms with Crippen molar-refractivity contribution >= 4 is 33.1 Å². The van der Waals surface area contributed by atoms with Crippen LogP contribution >= 0.6 is 11.6 Å². The molecule has 2 aromatic rings. The second-order valence-electron chi connectivity index (χ2n) is 6.67. The van der Waals surface area contributed by atoms with Crippen LogP contribution < -0.4 is 4.74 Å². The molecule has 28 heavy (non-hydrogen) atoms. The van der Waals surface area contributed by atoms with E-state index in [2.05, 4.69) is 5.10 Å². The van der Waals surface area contributed by atoms with Crippen molar-refractivity contribution in [3.8, 4) is 5.88 Å². The van der Waals surface area contributed by atoms with Gasteiger partial charge >= 0.3 is 0 Å². The monoisotopic (exact) mass is 427 g/mol. The normalized spacial score (nSPS) is 11.4. The van der Waals surface area contributed by atoms with Crippen LogP contribution in [-0.4, -0.2) is 61.7 Å². The molecular weight excluding hydrogens is 406 g/mol. The van der Waals surface area contributed by atoms with Crippen molar-refractivity contribution in [2.45, 2.75) is 18.7 Å². The highest BCUT2D eigenvalue weighted by Gasteiger charge is 2.26. The minimum Gasteiger partial charge on any atom is -0.467 e. The van der Waals surface area contributed by atoms with Crippen molar-refractivity contribution < 1.29 is 22.7 Å². The van der Waals surface area contributed by atoms with Gasteiger partial charge < -0.3 is 9.64 Å². The zero-order valence-corrected chi connectivity index (χ0v) is 18.1. The predicted octanol–water partition coefficient (Wildman–Crippen LogP) is 1.79. The maximum absolute atomic E-state index is 13.1. The molecule has 0 aliphatic carbocycles. The fourth-order valence-electron chi connectivity index (χ4n) is 2.84. The minimum absolute atomic E-state index is 0.0511. The van der Waals surface area contributed by atoms with Crippen molar-refractivity contribution in [3.63, 3.8) is 0 Å². The van der Waals surface area contributed by atoms with Crippen molar-refractivity contribution in [1.82, 2.24) is 14.7 Å². The van der Waals surface area contributed by atoms with E-state index in [9.17, 15) is 18.0 Å². The van der Waals surface area contributed by atoms with Crippen LogP contribution in [0, 0.1) is 13.8 Å². The molecule has 1 heterocycles. The van der Waals surface area contributed by atoms with Crippen LogP contribution in [0.25, 0.3) is 0 Å². The molecule has 8 nitrogen and oxygen atoms in total. The van der Waals surface area contributed by atoms with Crippen molar-refractivity contribution in [1.29, 1.82) is 0 Å². The Bertz CT molecular complexity index is 1060. The van der Waals surface area contributed by atoms with E-state index in [4.69, 9.17) is 16.3 Å². The lowest BCUT2D eigenvalue weighted by molar-refractivity contribution is -0.130. The lowest BCUT2D eigenvalue weighted by Crippen LogP contribution is -2.28. The first kappa shape index (κ1) is 21.9. The largest absolute Gasteiger partial charge is 0.467 e. The molecule has 0 bridgehead atoms. The fraction of sp³-hybridized carbons (Fsp3) is 0.389. The van der Waals surface area contributed by atoms with Crippen LogP contribution in [-0.2, 0) is 21.7 Å². The molecule has 1 amide bonds. The molecule has 0 aliphatic heterocycles. The Labute approximate surface area is 169 Å². The van der Waals surface area contributed by atoms with Gasteiger partial charge in [0.2, 0.25) is 11.7 Å². The summed E-state index contributed by atoms with van der Waals surface area (Å²) in [6.45, 7) is 2.90. The summed E-state index contributed by atoms with van der Waals surface area (Å²) >= 11 is 6.34. The first-order valence-electron chi connectivity index (χ1n) is 8.25. The van der Waals surface area contributed by atoms with Gasteiger partial charge in [-0.05, 0) is 31.0 Å². The Hall–Kier alpha value is -2.39. The van der Waals surface area contributed by atoms with Crippen molar-refractivity contribution in [2.24, 2.45) is 7.05 Å². The van der Waals surface area contributed by atoms with E-state index in [1.54, 1.807) is 35.0 Å². The fourth-order valence-corrected chi connectivity index (χ4v) is 4.43. The summed E-state index contributed by atoms with van der Waals surface area (Å²) in [5.41, 5.74) is 0.992. The maximum Gasteiger partial charge on any atom is 0.260 e. The van der Waals surface area contributed by atoms with E-state index in [1.807, 2.05) is 0 Å². The SMILES string of the molecule is Cc1cc(C(=O)c2cnn(C)c2OCC(=O)N(C)C)c(Cl)c(C)c1S(C)(=O)=O. The smallest absolute Gasteiger partial charge is 0.260 e. The molecule has 0 fully saturated rings. The number of hydrogen-bond donors (Lipinski definition) is 0. The number of aromatic nitrogens is 2. The van der Waals surface area contributed by atoms with Gasteiger partial charge in [-0.1, -0.05) is 11.6 Å². The average Bonchev–Trinajstić information content (AvgIpc) is 2.94. The first-order chi connectivity index (χ1) is 12.9. The van der Waals surface area contributed by atoms with Gasteiger partial charge in [0.1, 0.15) is 5.56 Å². The Kier molecular flexibility index (Phi) is 6.20. The summed E-state index contributed by atoms with van der Waals surface area (Å²) in [4.78, 5) is 26.3. The van der Waals surface area contributed by atoms with Crippen molar-refractivity contribution in [2.75, 3.05) is 27.0 Å². The van der Waals surface area contributed by atoms with Crippen LogP contribution in [0.1, 0.15) is 27.0 Å². The van der Waals surface area contributed by atoms with Gasteiger partial charge in [-0.2, -0.15) is 5.10 Å². The topological polar surface area (TPSA) is 98.6 Å². The molecule has 152 valence electrons. The summed E-state index contributed by atoms with van der Waals surface area (Å²) < 4.78 is 30.9. The van der Waals surface area contributed by atoms with Crippen LogP contribution in [0.5, 0.6) is 5.88 Å². The number of nitrogens with zero attached hydrogens (tertiary/aromatic N) is 3. The zero-order chi connectivity index (χ0) is 21.4. The molecular formula is C18H22ClN3O5S. The molecule has 0 unspecified atom stereocenters. The van der Waals surface area contributed by atoms with Gasteiger partial charge in [0, 0.05) is 33.0 Å². The van der Waals surface area contributed by atoms with Crippen LogP contribution in [0.2, 0.25) is 5.02 Å². The maximum atomic E-state index is 13.1. The van der Waals surface area contributed by atoms with Gasteiger partial charge in [0.05, 0.1) is 16.1 Å². The number of rotatable bonds is 6. The third kappa shape index (κ3) is 4.20. The van der Waals surface area contributed by atoms with Gasteiger partial charge in [-0.3, -0.25) is 9.59 Å². The quantitative estimate of drug-likeness (QED) is 0.652. The van der Waals surface area contributed by atoms with Gasteiger partial charge in [-0.15, -0.1) is 0 Å². The third-order valence-corrected chi connectivity index (χ3v) is 6.06. The molecule has 2 rings (SSSR count). The zero-order valence-electron chi connectivity index (χ0n) is 16.5. The summed E-state index contributed by atoms with van der Waals surface area (Å²) in [6.07, 6.45) is 2.41. The molecule has 1 aromatic heterocycles. The summed E-state index contributed by atoms with van der Waals surface area (Å²) in [5, 5.41) is 4.08. The van der Waals surface area contributed by atoms with E-state index in [0.717, 1.165) is 6.26 Å². The summed E-state index contributed by atoms with van der Waals surface area (Å²) in [5.74, 6) is -0.628. The Morgan fingerprint density at radius 3 is 2.39 bits per heavy atom. The van der Waals surface area contributed by atoms with Gasteiger partial charge in [0.25, 0.3) is 5.91 Å². The summed E-state index contributed by atoms with van der Waals surface area (Å²) in [6, 6.07) is 1.44. The second kappa shape index (κ2) is 7.92. The van der Waals surface area contributed by atoms with Crippen molar-refractivity contribution in [3.05, 3.63) is 39.5 Å². The van der Waals surface area contributed by atoms with E-state index in [-0.39, 0.29) is 39.4 Å². The van der Waals surface area contributed by atoms with Crippen LogP contribution in [0.4, 0.5) is 0 Å². The highest BCUT2D eigenvalue weighted by Crippen LogP contribution is 2.33. The number of hydrogen-bond acceptors (Lipinski definition) is 6. The third-order valence-electron chi connectivity index (χ3n) is 4.20. The first-order valence-corrected chi connectivity index (χ1v) is 10.5. The van der Waals surface area contributed by atoms with Gasteiger partial charge in [-0.25, -0.2) is 13.1 Å². The number of ketones is 1. The molecule has 10 heteroatoms. The lowest BCUT2D eigenvalue weighted by atomic mass is 10.0. The number of sulfone groups is 1. The van der Waals surface area contributed by atoms with E-state index >= 15 is 0 Å². The van der Waals surface area contributed by atoms with Crippen LogP contribution in [0.15, 0.2) is 17.2 Å². The number of amides is 1. The van der Waals surface area contributed by atoms with E-state index in [0.29, 0.717) is 11.1 Å². The van der Waals surface area contributed by atoms with E-state index in [1.165, 1.54) is 21.8 Å². The Balaban J connectivity index is 2.50. The average molecular weight is 428 g/mol. The standard InChI is InChI=1S/C18H22ClN3O5S/c1-10-7-12(15(19)11(2)17(10)28(6,25)26)16(24)13-8-20-22(5)18(13)27-9-14(23)21(3)4/h7-8H,9H2,1-6H3. The predicted molar refractivity (Wildman–Crippen MR) is 105 cm³/mol. The molecule has 0 aliphatic rings.